The molecule has 9 nitrogen and oxygen atoms in total. The first-order chi connectivity index (χ1) is 16.2. The molecular formula is C24H23N3O6S. The predicted molar refractivity (Wildman–Crippen MR) is 128 cm³/mol. The standard InChI is InChI=1S/C24H23N3O6S/c1-26-19-13-18(25-23(28)17-7-5-6-8-21(17)33-4)22(14-20(19)27(2)24(26)29)34(30,31)16-11-9-15(32-3)10-12-16/h5-14H,1-4H3,(H,25,28). The van der Waals surface area contributed by atoms with Crippen LogP contribution in [0, 0.1) is 0 Å². The molecule has 0 aliphatic heterocycles. The van der Waals surface area contributed by atoms with E-state index in [1.54, 1.807) is 38.4 Å². The third kappa shape index (κ3) is 3.81. The van der Waals surface area contributed by atoms with Gasteiger partial charge in [0.05, 0.1) is 46.3 Å². The summed E-state index contributed by atoms with van der Waals surface area (Å²) < 4.78 is 40.4. The van der Waals surface area contributed by atoms with Crippen LogP contribution in [0.1, 0.15) is 10.4 Å². The molecule has 0 aliphatic rings. The van der Waals surface area contributed by atoms with Gasteiger partial charge in [0.25, 0.3) is 5.91 Å². The molecule has 4 aromatic rings. The van der Waals surface area contributed by atoms with Crippen LogP contribution in [0.25, 0.3) is 11.0 Å². The maximum absolute atomic E-state index is 13.6. The number of aryl methyl sites for hydroxylation is 2. The summed E-state index contributed by atoms with van der Waals surface area (Å²) in [6.45, 7) is 0. The number of hydrogen-bond donors (Lipinski definition) is 1. The summed E-state index contributed by atoms with van der Waals surface area (Å²) in [6, 6.07) is 15.4. The largest absolute Gasteiger partial charge is 0.497 e. The monoisotopic (exact) mass is 481 g/mol. The SMILES string of the molecule is COc1ccc(S(=O)(=O)c2cc3c(cc2NC(=O)c2ccccc2OC)n(C)c(=O)n3C)cc1. The Hall–Kier alpha value is -4.05. The van der Waals surface area contributed by atoms with Gasteiger partial charge in [0.1, 0.15) is 11.5 Å². The van der Waals surface area contributed by atoms with E-state index in [9.17, 15) is 18.0 Å². The zero-order valence-electron chi connectivity index (χ0n) is 19.0. The van der Waals surface area contributed by atoms with Crippen molar-refractivity contribution in [3.05, 3.63) is 76.7 Å². The Morgan fingerprint density at radius 2 is 1.50 bits per heavy atom. The lowest BCUT2D eigenvalue weighted by atomic mass is 10.1. The molecule has 1 N–H and O–H groups in total. The second-order valence-electron chi connectivity index (χ2n) is 7.57. The van der Waals surface area contributed by atoms with Crippen LogP contribution in [0.2, 0.25) is 0 Å². The lowest BCUT2D eigenvalue weighted by Crippen LogP contribution is -2.19. The minimum absolute atomic E-state index is 0.0152. The van der Waals surface area contributed by atoms with Crippen molar-refractivity contribution in [2.45, 2.75) is 9.79 Å². The molecular weight excluding hydrogens is 458 g/mol. The number of nitrogens with one attached hydrogen (secondary N) is 1. The lowest BCUT2D eigenvalue weighted by Gasteiger charge is -2.14. The van der Waals surface area contributed by atoms with E-state index in [4.69, 9.17) is 9.47 Å². The molecule has 0 atom stereocenters. The first kappa shape index (κ1) is 23.1. The summed E-state index contributed by atoms with van der Waals surface area (Å²) in [5.74, 6) is 0.293. The predicted octanol–water partition coefficient (Wildman–Crippen LogP) is 2.98. The van der Waals surface area contributed by atoms with Crippen LogP contribution < -0.4 is 20.5 Å². The number of nitrogens with zero attached hydrogens (tertiary/aromatic N) is 2. The third-order valence-electron chi connectivity index (χ3n) is 5.63. The minimum Gasteiger partial charge on any atom is -0.497 e. The molecule has 1 heterocycles. The summed E-state index contributed by atoms with van der Waals surface area (Å²) in [5.41, 5.74) is 0.836. The van der Waals surface area contributed by atoms with Crippen LogP contribution in [-0.4, -0.2) is 37.7 Å². The number of fused-ring (bicyclic) bond motifs is 1. The highest BCUT2D eigenvalue weighted by Gasteiger charge is 2.26. The van der Waals surface area contributed by atoms with Crippen LogP contribution in [0.3, 0.4) is 0 Å². The van der Waals surface area contributed by atoms with E-state index < -0.39 is 15.7 Å². The number of anilines is 1. The number of amides is 1. The quantitative estimate of drug-likeness (QED) is 0.454. The smallest absolute Gasteiger partial charge is 0.328 e. The van der Waals surface area contributed by atoms with Gasteiger partial charge in [0, 0.05) is 14.1 Å². The Balaban J connectivity index is 1.92. The van der Waals surface area contributed by atoms with E-state index in [0.717, 1.165) is 0 Å². The van der Waals surface area contributed by atoms with Gasteiger partial charge in [-0.25, -0.2) is 13.2 Å². The second kappa shape index (κ2) is 8.71. The highest BCUT2D eigenvalue weighted by molar-refractivity contribution is 7.91. The molecule has 176 valence electrons. The highest BCUT2D eigenvalue weighted by Crippen LogP contribution is 2.33. The fraction of sp³-hybridized carbons (Fsp3) is 0.167. The molecule has 0 unspecified atom stereocenters. The molecule has 34 heavy (non-hydrogen) atoms. The first-order valence-corrected chi connectivity index (χ1v) is 11.7. The van der Waals surface area contributed by atoms with Gasteiger partial charge in [-0.15, -0.1) is 0 Å². The van der Waals surface area contributed by atoms with Crippen LogP contribution in [-0.2, 0) is 23.9 Å². The van der Waals surface area contributed by atoms with E-state index in [-0.39, 0.29) is 26.7 Å². The molecule has 0 aliphatic carbocycles. The van der Waals surface area contributed by atoms with Gasteiger partial charge in [-0.3, -0.25) is 13.9 Å². The zero-order chi connectivity index (χ0) is 24.6. The maximum atomic E-state index is 13.6. The van der Waals surface area contributed by atoms with Crippen molar-refractivity contribution in [1.29, 1.82) is 0 Å². The Morgan fingerprint density at radius 3 is 2.12 bits per heavy atom. The summed E-state index contributed by atoms with van der Waals surface area (Å²) in [4.78, 5) is 25.5. The van der Waals surface area contributed by atoms with Gasteiger partial charge in [0.2, 0.25) is 9.84 Å². The van der Waals surface area contributed by atoms with Gasteiger partial charge in [0.15, 0.2) is 0 Å². The van der Waals surface area contributed by atoms with Gasteiger partial charge >= 0.3 is 5.69 Å². The number of imidazole rings is 1. The Labute approximate surface area is 196 Å². The molecule has 0 saturated carbocycles. The van der Waals surface area contributed by atoms with Crippen molar-refractivity contribution in [3.63, 3.8) is 0 Å². The van der Waals surface area contributed by atoms with Gasteiger partial charge in [-0.05, 0) is 48.5 Å². The van der Waals surface area contributed by atoms with Crippen LogP contribution >= 0.6 is 0 Å². The molecule has 10 heteroatoms. The first-order valence-electron chi connectivity index (χ1n) is 10.2. The highest BCUT2D eigenvalue weighted by atomic mass is 32.2. The number of carbonyl (C=O) groups excluding carboxylic acids is 1. The van der Waals surface area contributed by atoms with Crippen molar-refractivity contribution in [2.75, 3.05) is 19.5 Å². The maximum Gasteiger partial charge on any atom is 0.328 e. The lowest BCUT2D eigenvalue weighted by molar-refractivity contribution is 0.102. The molecule has 1 amide bonds. The summed E-state index contributed by atoms with van der Waals surface area (Å²) in [7, 11) is 1.99. The number of methoxy groups -OCH3 is 2. The van der Waals surface area contributed by atoms with Crippen molar-refractivity contribution >= 4 is 32.5 Å². The summed E-state index contributed by atoms with van der Waals surface area (Å²) in [5, 5.41) is 2.70. The molecule has 1 aromatic heterocycles. The van der Waals surface area contributed by atoms with Crippen molar-refractivity contribution < 1.29 is 22.7 Å². The molecule has 3 aromatic carbocycles. The minimum atomic E-state index is -4.08. The number of sulfone groups is 1. The number of carbonyl (C=O) groups is 1. The van der Waals surface area contributed by atoms with Crippen LogP contribution in [0.5, 0.6) is 11.5 Å². The van der Waals surface area contributed by atoms with E-state index in [2.05, 4.69) is 5.32 Å². The van der Waals surface area contributed by atoms with Gasteiger partial charge < -0.3 is 14.8 Å². The number of rotatable bonds is 6. The van der Waals surface area contributed by atoms with Gasteiger partial charge in [-0.1, -0.05) is 12.1 Å². The fourth-order valence-corrected chi connectivity index (χ4v) is 5.16. The van der Waals surface area contributed by atoms with Crippen molar-refractivity contribution in [2.24, 2.45) is 14.1 Å². The Kier molecular flexibility index (Phi) is 5.92. The van der Waals surface area contributed by atoms with Crippen LogP contribution in [0.15, 0.2) is 75.2 Å². The molecule has 0 radical (unpaired) electrons. The Bertz CT molecular complexity index is 1570. The van der Waals surface area contributed by atoms with E-state index in [1.807, 2.05) is 0 Å². The van der Waals surface area contributed by atoms with E-state index in [0.29, 0.717) is 22.5 Å². The molecule has 0 saturated heterocycles. The molecule has 0 bridgehead atoms. The molecule has 0 fully saturated rings. The van der Waals surface area contributed by atoms with Crippen LogP contribution in [0.4, 0.5) is 5.69 Å². The second-order valence-corrected chi connectivity index (χ2v) is 9.49. The van der Waals surface area contributed by atoms with Crippen molar-refractivity contribution in [3.8, 4) is 11.5 Å². The number of hydrogen-bond acceptors (Lipinski definition) is 6. The average Bonchev–Trinajstić information content (AvgIpc) is 3.06. The third-order valence-corrected chi connectivity index (χ3v) is 7.44. The number of ether oxygens (including phenoxy) is 2. The van der Waals surface area contributed by atoms with Crippen molar-refractivity contribution in [1.82, 2.24) is 9.13 Å². The number of aromatic nitrogens is 2. The molecule has 0 spiro atoms. The average molecular weight is 482 g/mol. The number of para-hydroxylation sites is 1. The topological polar surface area (TPSA) is 109 Å². The summed E-state index contributed by atoms with van der Waals surface area (Å²) >= 11 is 0. The molecule has 4 rings (SSSR count). The normalized spacial score (nSPS) is 11.4. The van der Waals surface area contributed by atoms with Gasteiger partial charge in [-0.2, -0.15) is 0 Å². The zero-order valence-corrected chi connectivity index (χ0v) is 19.8. The fourth-order valence-electron chi connectivity index (χ4n) is 3.75. The van der Waals surface area contributed by atoms with E-state index >= 15 is 0 Å². The Morgan fingerprint density at radius 1 is 0.882 bits per heavy atom. The summed E-state index contributed by atoms with van der Waals surface area (Å²) in [6.07, 6.45) is 0. The van der Waals surface area contributed by atoms with E-state index in [1.165, 1.54) is 59.8 Å². The number of benzene rings is 3.